The van der Waals surface area contributed by atoms with Crippen LogP contribution in [0.1, 0.15) is 61.7 Å². The number of hydrogen-bond donors (Lipinski definition) is 3. The van der Waals surface area contributed by atoms with Crippen LogP contribution in [0, 0.1) is 5.92 Å². The molecule has 0 saturated heterocycles. The van der Waals surface area contributed by atoms with Gasteiger partial charge in [0, 0.05) is 11.5 Å². The second kappa shape index (κ2) is 9.48. The van der Waals surface area contributed by atoms with Crippen molar-refractivity contribution in [2.24, 2.45) is 11.7 Å². The number of nitrogens with two attached hydrogens (primary N) is 1. The van der Waals surface area contributed by atoms with Gasteiger partial charge in [0.1, 0.15) is 0 Å². The minimum absolute atomic E-state index is 0.0629. The lowest BCUT2D eigenvalue weighted by Gasteiger charge is -2.34. The Balaban J connectivity index is 2.29. The minimum Gasteiger partial charge on any atom is -0.479 e. The van der Waals surface area contributed by atoms with Gasteiger partial charge in [-0.25, -0.2) is 4.79 Å². The number of carbonyl (C=O) groups excluding carboxylic acids is 2. The van der Waals surface area contributed by atoms with Crippen LogP contribution in [-0.2, 0) is 9.59 Å². The van der Waals surface area contributed by atoms with Crippen molar-refractivity contribution in [3.05, 3.63) is 35.9 Å². The van der Waals surface area contributed by atoms with Gasteiger partial charge >= 0.3 is 5.97 Å². The molecule has 1 saturated carbocycles. The number of benzene rings is 1. The molecule has 1 aliphatic rings. The zero-order valence-corrected chi connectivity index (χ0v) is 15.1. The van der Waals surface area contributed by atoms with Crippen LogP contribution in [0.3, 0.4) is 0 Å². The molecule has 1 aromatic carbocycles. The molecule has 1 amide bonds. The van der Waals surface area contributed by atoms with Crippen molar-refractivity contribution >= 4 is 17.7 Å². The zero-order valence-electron chi connectivity index (χ0n) is 15.1. The van der Waals surface area contributed by atoms with Gasteiger partial charge in [0.15, 0.2) is 11.3 Å². The molecule has 6 heteroatoms. The smallest absolute Gasteiger partial charge is 0.337 e. The third-order valence-electron chi connectivity index (χ3n) is 5.13. The molecule has 6 nitrogen and oxygen atoms in total. The monoisotopic (exact) mass is 360 g/mol. The molecule has 0 spiro atoms. The van der Waals surface area contributed by atoms with E-state index < -0.39 is 17.4 Å². The molecule has 0 unspecified atom stereocenters. The van der Waals surface area contributed by atoms with E-state index in [4.69, 9.17) is 5.73 Å². The second-order valence-electron chi connectivity index (χ2n) is 6.98. The Bertz CT molecular complexity index is 626. The van der Waals surface area contributed by atoms with E-state index in [0.29, 0.717) is 37.8 Å². The van der Waals surface area contributed by atoms with Gasteiger partial charge in [-0.15, -0.1) is 0 Å². The molecule has 0 aromatic heterocycles. The van der Waals surface area contributed by atoms with Crippen molar-refractivity contribution in [2.45, 2.75) is 56.9 Å². The van der Waals surface area contributed by atoms with Crippen LogP contribution < -0.4 is 11.1 Å². The van der Waals surface area contributed by atoms with Crippen LogP contribution in [0.5, 0.6) is 0 Å². The van der Waals surface area contributed by atoms with E-state index in [1.807, 2.05) is 0 Å². The predicted octanol–water partition coefficient (Wildman–Crippen LogP) is 2.52. The van der Waals surface area contributed by atoms with Gasteiger partial charge < -0.3 is 16.2 Å². The molecule has 1 atom stereocenters. The SMILES string of the molecule is NCCCC[C@](NC(=O)c1ccccc1)(C(=O)O)C(=O)C1CCCCC1. The Morgan fingerprint density at radius 3 is 2.31 bits per heavy atom. The number of amides is 1. The van der Waals surface area contributed by atoms with Crippen LogP contribution in [-0.4, -0.2) is 34.8 Å². The van der Waals surface area contributed by atoms with Crippen molar-refractivity contribution < 1.29 is 19.5 Å². The summed E-state index contributed by atoms with van der Waals surface area (Å²) in [7, 11) is 0. The Hall–Kier alpha value is -2.21. The molecule has 142 valence electrons. The van der Waals surface area contributed by atoms with E-state index in [2.05, 4.69) is 5.32 Å². The summed E-state index contributed by atoms with van der Waals surface area (Å²) in [5.41, 5.74) is 3.98. The van der Waals surface area contributed by atoms with Crippen LogP contribution >= 0.6 is 0 Å². The maximum absolute atomic E-state index is 13.2. The first-order valence-corrected chi connectivity index (χ1v) is 9.36. The Morgan fingerprint density at radius 2 is 1.73 bits per heavy atom. The highest BCUT2D eigenvalue weighted by Crippen LogP contribution is 2.31. The van der Waals surface area contributed by atoms with E-state index >= 15 is 0 Å². The molecule has 4 N–H and O–H groups in total. The molecule has 1 aliphatic carbocycles. The maximum Gasteiger partial charge on any atom is 0.337 e. The van der Waals surface area contributed by atoms with Gasteiger partial charge in [-0.1, -0.05) is 37.5 Å². The molecular formula is C20H28N2O4. The average molecular weight is 360 g/mol. The molecular weight excluding hydrogens is 332 g/mol. The summed E-state index contributed by atoms with van der Waals surface area (Å²) in [4.78, 5) is 38.0. The van der Waals surface area contributed by atoms with E-state index in [0.717, 1.165) is 19.3 Å². The molecule has 0 radical (unpaired) electrons. The topological polar surface area (TPSA) is 109 Å². The lowest BCUT2D eigenvalue weighted by molar-refractivity contribution is -0.152. The summed E-state index contributed by atoms with van der Waals surface area (Å²) in [6.45, 7) is 0.417. The van der Waals surface area contributed by atoms with Crippen molar-refractivity contribution in [3.63, 3.8) is 0 Å². The molecule has 26 heavy (non-hydrogen) atoms. The molecule has 0 aliphatic heterocycles. The average Bonchev–Trinajstić information content (AvgIpc) is 2.67. The summed E-state index contributed by atoms with van der Waals surface area (Å²) in [5.74, 6) is -2.50. The Morgan fingerprint density at radius 1 is 1.08 bits per heavy atom. The third kappa shape index (κ3) is 4.69. The summed E-state index contributed by atoms with van der Waals surface area (Å²) in [5, 5.41) is 12.5. The van der Waals surface area contributed by atoms with E-state index in [1.54, 1.807) is 30.3 Å². The van der Waals surface area contributed by atoms with Gasteiger partial charge in [-0.2, -0.15) is 0 Å². The number of ketones is 1. The first-order valence-electron chi connectivity index (χ1n) is 9.36. The Labute approximate surface area is 154 Å². The van der Waals surface area contributed by atoms with Gasteiger partial charge in [0.05, 0.1) is 0 Å². The van der Waals surface area contributed by atoms with Gasteiger partial charge in [0.2, 0.25) is 0 Å². The van der Waals surface area contributed by atoms with Gasteiger partial charge in [-0.05, 0) is 50.8 Å². The normalized spacial score (nSPS) is 17.3. The van der Waals surface area contributed by atoms with Crippen LogP contribution in [0.4, 0.5) is 0 Å². The first-order chi connectivity index (χ1) is 12.5. The second-order valence-corrected chi connectivity index (χ2v) is 6.98. The van der Waals surface area contributed by atoms with E-state index in [9.17, 15) is 19.5 Å². The third-order valence-corrected chi connectivity index (χ3v) is 5.13. The highest BCUT2D eigenvalue weighted by molar-refractivity contribution is 6.12. The fourth-order valence-corrected chi connectivity index (χ4v) is 3.62. The maximum atomic E-state index is 13.2. The number of Topliss-reactive ketones (excluding diaryl/α,β-unsaturated/α-hetero) is 1. The molecule has 0 heterocycles. The van der Waals surface area contributed by atoms with Crippen molar-refractivity contribution in [1.29, 1.82) is 0 Å². The number of carboxylic acids is 1. The lowest BCUT2D eigenvalue weighted by Crippen LogP contribution is -2.62. The quantitative estimate of drug-likeness (QED) is 0.463. The van der Waals surface area contributed by atoms with Crippen molar-refractivity contribution in [3.8, 4) is 0 Å². The standard InChI is InChI=1S/C20H28N2O4/c21-14-8-7-13-20(19(25)26,17(23)15-9-3-1-4-10-15)22-18(24)16-11-5-2-6-12-16/h2,5-6,11-12,15H,1,3-4,7-10,13-14,21H2,(H,22,24)(H,25,26)/t20-/m1/s1. The van der Waals surface area contributed by atoms with Crippen molar-refractivity contribution in [2.75, 3.05) is 6.54 Å². The minimum atomic E-state index is -1.88. The number of aliphatic carboxylic acids is 1. The fourth-order valence-electron chi connectivity index (χ4n) is 3.62. The number of unbranched alkanes of at least 4 members (excludes halogenated alkanes) is 1. The highest BCUT2D eigenvalue weighted by Gasteiger charge is 2.49. The van der Waals surface area contributed by atoms with Crippen LogP contribution in [0.2, 0.25) is 0 Å². The number of carbonyl (C=O) groups is 3. The van der Waals surface area contributed by atoms with Gasteiger partial charge in [-0.3, -0.25) is 9.59 Å². The number of rotatable bonds is 9. The van der Waals surface area contributed by atoms with Crippen molar-refractivity contribution in [1.82, 2.24) is 5.32 Å². The number of carboxylic acid groups (broad SMARTS) is 1. The summed E-state index contributed by atoms with van der Waals surface area (Å²) >= 11 is 0. The highest BCUT2D eigenvalue weighted by atomic mass is 16.4. The van der Waals surface area contributed by atoms with Crippen LogP contribution in [0.15, 0.2) is 30.3 Å². The molecule has 1 fully saturated rings. The number of nitrogens with one attached hydrogen (secondary N) is 1. The Kier molecular flexibility index (Phi) is 7.33. The summed E-state index contributed by atoms with van der Waals surface area (Å²) in [6, 6.07) is 8.39. The molecule has 0 bridgehead atoms. The summed E-state index contributed by atoms with van der Waals surface area (Å²) in [6.07, 6.45) is 5.41. The van der Waals surface area contributed by atoms with Gasteiger partial charge in [0.25, 0.3) is 5.91 Å². The zero-order chi connectivity index (χ0) is 19.0. The first kappa shape index (κ1) is 20.1. The number of hydrogen-bond acceptors (Lipinski definition) is 4. The van der Waals surface area contributed by atoms with E-state index in [-0.39, 0.29) is 18.1 Å². The predicted molar refractivity (Wildman–Crippen MR) is 98.8 cm³/mol. The van der Waals surface area contributed by atoms with E-state index in [1.165, 1.54) is 0 Å². The van der Waals surface area contributed by atoms with Crippen LogP contribution in [0.25, 0.3) is 0 Å². The lowest BCUT2D eigenvalue weighted by atomic mass is 9.75. The fraction of sp³-hybridized carbons (Fsp3) is 0.550. The molecule has 2 rings (SSSR count). The summed E-state index contributed by atoms with van der Waals surface area (Å²) < 4.78 is 0. The molecule has 1 aromatic rings. The largest absolute Gasteiger partial charge is 0.479 e.